The summed E-state index contributed by atoms with van der Waals surface area (Å²) in [6, 6.07) is 13.1. The van der Waals surface area contributed by atoms with E-state index >= 15 is 0 Å². The van der Waals surface area contributed by atoms with Crippen LogP contribution in [0.3, 0.4) is 0 Å². The van der Waals surface area contributed by atoms with Crippen LogP contribution in [-0.4, -0.2) is 40.1 Å². The number of methoxy groups -OCH3 is 1. The summed E-state index contributed by atoms with van der Waals surface area (Å²) in [6.45, 7) is 0. The molecule has 0 saturated heterocycles. The summed E-state index contributed by atoms with van der Waals surface area (Å²) < 4.78 is 12.5. The Morgan fingerprint density at radius 3 is 2.68 bits per heavy atom. The standard InChI is InChI=1S/C18H19N3O4/c1-20(23)18(22)10-5-13-12-16(17-4-3-11-25-17)21(19-13)14-6-8-15(24-2)9-7-14/h3-4,6-9,11-12,23H,5,10H2,1-2H3. The molecule has 0 bridgehead atoms. The van der Waals surface area contributed by atoms with E-state index in [1.165, 1.54) is 7.05 Å². The maximum atomic E-state index is 11.6. The Labute approximate surface area is 145 Å². The summed E-state index contributed by atoms with van der Waals surface area (Å²) in [5.41, 5.74) is 2.37. The summed E-state index contributed by atoms with van der Waals surface area (Å²) in [7, 11) is 2.93. The van der Waals surface area contributed by atoms with Crippen molar-refractivity contribution >= 4 is 5.91 Å². The zero-order valence-corrected chi connectivity index (χ0v) is 14.0. The van der Waals surface area contributed by atoms with Crippen LogP contribution < -0.4 is 4.74 Å². The maximum absolute atomic E-state index is 11.6. The van der Waals surface area contributed by atoms with Gasteiger partial charge in [-0.1, -0.05) is 0 Å². The molecule has 3 aromatic rings. The van der Waals surface area contributed by atoms with Crippen molar-refractivity contribution in [1.82, 2.24) is 14.8 Å². The van der Waals surface area contributed by atoms with E-state index in [0.29, 0.717) is 17.2 Å². The summed E-state index contributed by atoms with van der Waals surface area (Å²) in [4.78, 5) is 11.6. The van der Waals surface area contributed by atoms with Crippen LogP contribution >= 0.6 is 0 Å². The van der Waals surface area contributed by atoms with Crippen molar-refractivity contribution in [2.75, 3.05) is 14.2 Å². The average molecular weight is 341 g/mol. The number of aryl methyl sites for hydroxylation is 1. The lowest BCUT2D eigenvalue weighted by Crippen LogP contribution is -2.22. The number of rotatable bonds is 6. The number of carbonyl (C=O) groups excluding carboxylic acids is 1. The van der Waals surface area contributed by atoms with Gasteiger partial charge in [-0.3, -0.25) is 10.0 Å². The minimum absolute atomic E-state index is 0.171. The normalized spacial score (nSPS) is 10.7. The van der Waals surface area contributed by atoms with Gasteiger partial charge in [-0.2, -0.15) is 5.10 Å². The van der Waals surface area contributed by atoms with Crippen LogP contribution in [0.25, 0.3) is 17.1 Å². The Hall–Kier alpha value is -3.06. The number of hydrogen-bond donors (Lipinski definition) is 1. The van der Waals surface area contributed by atoms with E-state index in [9.17, 15) is 4.79 Å². The number of furan rings is 1. The number of hydroxylamine groups is 2. The third kappa shape index (κ3) is 3.72. The smallest absolute Gasteiger partial charge is 0.246 e. The highest BCUT2D eigenvalue weighted by Crippen LogP contribution is 2.26. The molecule has 7 nitrogen and oxygen atoms in total. The fourth-order valence-electron chi connectivity index (χ4n) is 2.47. The van der Waals surface area contributed by atoms with Gasteiger partial charge in [0.05, 0.1) is 24.8 Å². The van der Waals surface area contributed by atoms with E-state index in [1.807, 2.05) is 42.5 Å². The topological polar surface area (TPSA) is 80.7 Å². The van der Waals surface area contributed by atoms with E-state index in [0.717, 1.165) is 22.8 Å². The molecule has 2 aromatic heterocycles. The van der Waals surface area contributed by atoms with Gasteiger partial charge >= 0.3 is 0 Å². The second-order valence-corrected chi connectivity index (χ2v) is 5.53. The van der Waals surface area contributed by atoms with Crippen LogP contribution in [-0.2, 0) is 11.2 Å². The summed E-state index contributed by atoms with van der Waals surface area (Å²) >= 11 is 0. The van der Waals surface area contributed by atoms with Crippen molar-refractivity contribution in [3.05, 3.63) is 54.4 Å². The zero-order valence-electron chi connectivity index (χ0n) is 14.0. The van der Waals surface area contributed by atoms with E-state index < -0.39 is 0 Å². The minimum atomic E-state index is -0.362. The molecule has 2 heterocycles. The molecule has 7 heteroatoms. The van der Waals surface area contributed by atoms with Crippen LogP contribution in [0.1, 0.15) is 12.1 Å². The highest BCUT2D eigenvalue weighted by Gasteiger charge is 2.15. The molecule has 0 fully saturated rings. The number of benzene rings is 1. The Morgan fingerprint density at radius 1 is 1.32 bits per heavy atom. The Morgan fingerprint density at radius 2 is 2.08 bits per heavy atom. The molecule has 0 radical (unpaired) electrons. The second-order valence-electron chi connectivity index (χ2n) is 5.53. The Bertz CT molecular complexity index is 836. The van der Waals surface area contributed by atoms with Gasteiger partial charge in [0, 0.05) is 19.9 Å². The number of ether oxygens (including phenoxy) is 1. The van der Waals surface area contributed by atoms with Crippen molar-refractivity contribution < 1.29 is 19.2 Å². The van der Waals surface area contributed by atoms with Gasteiger partial charge in [0.25, 0.3) is 0 Å². The number of aromatic nitrogens is 2. The molecule has 1 N–H and O–H groups in total. The number of carbonyl (C=O) groups is 1. The van der Waals surface area contributed by atoms with Crippen LogP contribution in [0.4, 0.5) is 0 Å². The third-order valence-electron chi connectivity index (χ3n) is 3.81. The predicted octanol–water partition coefficient (Wildman–Crippen LogP) is 2.92. The number of amides is 1. The van der Waals surface area contributed by atoms with Crippen LogP contribution in [0.5, 0.6) is 5.75 Å². The van der Waals surface area contributed by atoms with E-state index in [-0.39, 0.29) is 12.3 Å². The molecule has 0 aliphatic heterocycles. The maximum Gasteiger partial charge on any atom is 0.246 e. The van der Waals surface area contributed by atoms with Crippen LogP contribution in [0.2, 0.25) is 0 Å². The van der Waals surface area contributed by atoms with Crippen LogP contribution in [0, 0.1) is 0 Å². The Balaban J connectivity index is 1.93. The first kappa shape index (κ1) is 16.8. The van der Waals surface area contributed by atoms with Gasteiger partial charge in [-0.25, -0.2) is 9.75 Å². The Kier molecular flexibility index (Phi) is 4.85. The van der Waals surface area contributed by atoms with Gasteiger partial charge in [-0.05, 0) is 42.5 Å². The fraction of sp³-hybridized carbons (Fsp3) is 0.222. The average Bonchev–Trinajstić information content (AvgIpc) is 3.29. The summed E-state index contributed by atoms with van der Waals surface area (Å²) in [5.74, 6) is 1.07. The molecular weight excluding hydrogens is 322 g/mol. The lowest BCUT2D eigenvalue weighted by molar-refractivity contribution is -0.159. The lowest BCUT2D eigenvalue weighted by Gasteiger charge is -2.07. The van der Waals surface area contributed by atoms with Crippen LogP contribution in [0.15, 0.2) is 53.1 Å². The van der Waals surface area contributed by atoms with E-state index in [4.69, 9.17) is 14.4 Å². The highest BCUT2D eigenvalue weighted by molar-refractivity contribution is 5.74. The fourth-order valence-corrected chi connectivity index (χ4v) is 2.47. The monoisotopic (exact) mass is 341 g/mol. The van der Waals surface area contributed by atoms with Gasteiger partial charge < -0.3 is 9.15 Å². The molecule has 1 amide bonds. The van der Waals surface area contributed by atoms with Crippen molar-refractivity contribution in [3.63, 3.8) is 0 Å². The molecule has 0 unspecified atom stereocenters. The summed E-state index contributed by atoms with van der Waals surface area (Å²) in [5, 5.41) is 14.3. The third-order valence-corrected chi connectivity index (χ3v) is 3.81. The molecule has 130 valence electrons. The molecular formula is C18H19N3O4. The molecule has 3 rings (SSSR count). The van der Waals surface area contributed by atoms with Crippen molar-refractivity contribution in [1.29, 1.82) is 0 Å². The molecule has 0 aliphatic carbocycles. The first-order valence-electron chi connectivity index (χ1n) is 7.81. The van der Waals surface area contributed by atoms with Crippen molar-refractivity contribution in [2.24, 2.45) is 0 Å². The van der Waals surface area contributed by atoms with E-state index in [2.05, 4.69) is 5.10 Å². The highest BCUT2D eigenvalue weighted by atomic mass is 16.5. The largest absolute Gasteiger partial charge is 0.497 e. The quantitative estimate of drug-likeness (QED) is 0.551. The zero-order chi connectivity index (χ0) is 17.8. The molecule has 25 heavy (non-hydrogen) atoms. The lowest BCUT2D eigenvalue weighted by atomic mass is 10.2. The molecule has 1 aromatic carbocycles. The second kappa shape index (κ2) is 7.23. The SMILES string of the molecule is COc1ccc(-n2nc(CCC(=O)N(C)O)cc2-c2ccco2)cc1. The number of nitrogens with zero attached hydrogens (tertiary/aromatic N) is 3. The van der Waals surface area contributed by atoms with Crippen molar-refractivity contribution in [2.45, 2.75) is 12.8 Å². The number of hydrogen-bond acceptors (Lipinski definition) is 5. The first-order chi connectivity index (χ1) is 12.1. The first-order valence-corrected chi connectivity index (χ1v) is 7.81. The molecule has 0 spiro atoms. The molecule has 0 atom stereocenters. The van der Waals surface area contributed by atoms with Crippen molar-refractivity contribution in [3.8, 4) is 22.9 Å². The minimum Gasteiger partial charge on any atom is -0.497 e. The van der Waals surface area contributed by atoms with Gasteiger partial charge in [0.2, 0.25) is 5.91 Å². The van der Waals surface area contributed by atoms with E-state index in [1.54, 1.807) is 18.1 Å². The van der Waals surface area contributed by atoms with Gasteiger partial charge in [-0.15, -0.1) is 0 Å². The predicted molar refractivity (Wildman–Crippen MR) is 90.7 cm³/mol. The molecule has 0 aliphatic rings. The van der Waals surface area contributed by atoms with Gasteiger partial charge in [0.15, 0.2) is 5.76 Å². The molecule has 0 saturated carbocycles. The van der Waals surface area contributed by atoms with Gasteiger partial charge in [0.1, 0.15) is 11.4 Å². The summed E-state index contributed by atoms with van der Waals surface area (Å²) in [6.07, 6.45) is 2.19.